The summed E-state index contributed by atoms with van der Waals surface area (Å²) >= 11 is -2.04. The molecule has 2 aromatic rings. The summed E-state index contributed by atoms with van der Waals surface area (Å²) in [6, 6.07) is 4.92. The monoisotopic (exact) mass is 529 g/mol. The maximum absolute atomic E-state index is 13.2. The van der Waals surface area contributed by atoms with Gasteiger partial charge in [0.2, 0.25) is 4.90 Å². The number of nitrogens with zero attached hydrogens (tertiary/aromatic N) is 1. The van der Waals surface area contributed by atoms with Crippen LogP contribution in [0.25, 0.3) is 11.3 Å². The van der Waals surface area contributed by atoms with Gasteiger partial charge in [-0.2, -0.15) is 0 Å². The van der Waals surface area contributed by atoms with E-state index in [1.165, 1.54) is 22.8 Å². The Morgan fingerprint density at radius 1 is 1.19 bits per heavy atom. The average molecular weight is 530 g/mol. The number of nitrogens with one attached hydrogen (secondary N) is 1. The van der Waals surface area contributed by atoms with Gasteiger partial charge in [-0.25, -0.2) is 4.79 Å². The van der Waals surface area contributed by atoms with E-state index >= 15 is 0 Å². The summed E-state index contributed by atoms with van der Waals surface area (Å²) in [5.41, 5.74) is 4.69. The lowest BCUT2D eigenvalue weighted by atomic mass is 9.89. The molecule has 1 unspecified atom stereocenters. The molecule has 1 amide bonds. The number of aromatic carboxylic acids is 1. The van der Waals surface area contributed by atoms with Crippen LogP contribution in [0.15, 0.2) is 29.2 Å². The molecule has 0 aliphatic heterocycles. The van der Waals surface area contributed by atoms with Crippen LogP contribution in [0, 0.1) is 5.92 Å². The molecule has 1 aromatic heterocycles. The van der Waals surface area contributed by atoms with Gasteiger partial charge < -0.3 is 24.7 Å². The highest BCUT2D eigenvalue weighted by atomic mass is 32.2. The lowest BCUT2D eigenvalue weighted by molar-refractivity contribution is -0.275. The van der Waals surface area contributed by atoms with Crippen molar-refractivity contribution in [1.82, 2.24) is 9.29 Å². The third-order valence-corrected chi connectivity index (χ3v) is 7.32. The van der Waals surface area contributed by atoms with Crippen molar-refractivity contribution in [3.63, 3.8) is 0 Å². The van der Waals surface area contributed by atoms with Gasteiger partial charge in [-0.05, 0) is 63.8 Å². The first-order valence-corrected chi connectivity index (χ1v) is 12.7. The zero-order chi connectivity index (χ0) is 26.8. The Morgan fingerprint density at radius 2 is 1.83 bits per heavy atom. The van der Waals surface area contributed by atoms with Crippen molar-refractivity contribution in [3.8, 4) is 17.0 Å². The zero-order valence-electron chi connectivity index (χ0n) is 20.3. The topological polar surface area (TPSA) is 130 Å². The van der Waals surface area contributed by atoms with Gasteiger partial charge in [0, 0.05) is 17.8 Å². The van der Waals surface area contributed by atoms with E-state index < -0.39 is 40.9 Å². The molecule has 0 radical (unpaired) electrons. The number of hydrogen-bond donors (Lipinski definition) is 3. The van der Waals surface area contributed by atoms with Crippen molar-refractivity contribution in [2.24, 2.45) is 11.7 Å². The first-order valence-electron chi connectivity index (χ1n) is 11.5. The molecule has 8 nitrogen and oxygen atoms in total. The number of amides is 1. The first-order chi connectivity index (χ1) is 16.7. The number of rotatable bonds is 8. The zero-order valence-corrected chi connectivity index (χ0v) is 21.1. The number of benzene rings is 1. The number of hydrogen-bond acceptors (Lipinski definition) is 5. The molecular formula is C24H30F3N3O5S. The van der Waals surface area contributed by atoms with E-state index in [1.807, 2.05) is 0 Å². The van der Waals surface area contributed by atoms with Gasteiger partial charge in [-0.3, -0.25) is 4.79 Å². The Morgan fingerprint density at radius 3 is 2.36 bits per heavy atom. The molecule has 0 saturated heterocycles. The molecule has 0 spiro atoms. The van der Waals surface area contributed by atoms with Gasteiger partial charge in [0.05, 0.1) is 22.5 Å². The van der Waals surface area contributed by atoms with E-state index in [1.54, 1.807) is 20.8 Å². The second-order valence-electron chi connectivity index (χ2n) is 9.91. The number of carboxylic acid groups (broad SMARTS) is 1. The summed E-state index contributed by atoms with van der Waals surface area (Å²) in [4.78, 5) is 24.0. The van der Waals surface area contributed by atoms with Crippen LogP contribution in [0.2, 0.25) is 0 Å². The summed E-state index contributed by atoms with van der Waals surface area (Å²) in [6.07, 6.45) is -0.257. The van der Waals surface area contributed by atoms with Crippen LogP contribution in [0.3, 0.4) is 0 Å². The molecule has 36 heavy (non-hydrogen) atoms. The van der Waals surface area contributed by atoms with Crippen LogP contribution in [0.1, 0.15) is 73.7 Å². The third-order valence-electron chi connectivity index (χ3n) is 5.79. The van der Waals surface area contributed by atoms with Crippen molar-refractivity contribution in [1.29, 1.82) is 0 Å². The lowest BCUT2D eigenvalue weighted by Gasteiger charge is -2.25. The first kappa shape index (κ1) is 27.9. The minimum atomic E-state index is -5.06. The molecule has 1 fully saturated rings. The number of alkyl halides is 3. The summed E-state index contributed by atoms with van der Waals surface area (Å²) in [6.45, 7) is 5.41. The van der Waals surface area contributed by atoms with E-state index in [-0.39, 0.29) is 39.9 Å². The number of carbonyl (C=O) groups is 2. The summed E-state index contributed by atoms with van der Waals surface area (Å²) in [5, 5.41) is 9.69. The fraction of sp³-hybridized carbons (Fsp3) is 0.500. The molecule has 12 heteroatoms. The Balaban J connectivity index is 2.16. The van der Waals surface area contributed by atoms with Gasteiger partial charge in [-0.15, -0.1) is 17.9 Å². The highest BCUT2D eigenvalue weighted by Crippen LogP contribution is 2.37. The number of carboxylic acids is 1. The molecule has 1 aliphatic rings. The van der Waals surface area contributed by atoms with E-state index in [0.29, 0.717) is 0 Å². The number of primary amides is 1. The Bertz CT molecular complexity index is 1120. The molecule has 4 N–H and O–H groups in total. The smallest absolute Gasteiger partial charge is 0.573 e. The quantitative estimate of drug-likeness (QED) is 0.420. The molecule has 1 heterocycles. The van der Waals surface area contributed by atoms with E-state index in [0.717, 1.165) is 38.2 Å². The van der Waals surface area contributed by atoms with Gasteiger partial charge >= 0.3 is 12.3 Å². The van der Waals surface area contributed by atoms with Crippen molar-refractivity contribution in [2.75, 3.05) is 0 Å². The predicted octanol–water partition coefficient (Wildman–Crippen LogP) is 4.84. The Hall–Kier alpha value is -2.70. The molecule has 1 aliphatic carbocycles. The van der Waals surface area contributed by atoms with Gasteiger partial charge in [0.25, 0.3) is 5.91 Å². The molecule has 198 valence electrons. The van der Waals surface area contributed by atoms with Crippen molar-refractivity contribution in [2.45, 2.75) is 76.2 Å². The largest absolute Gasteiger partial charge is 0.593 e. The highest BCUT2D eigenvalue weighted by molar-refractivity contribution is 7.89. The Kier molecular flexibility index (Phi) is 8.31. The number of aromatic nitrogens is 1. The fourth-order valence-corrected chi connectivity index (χ4v) is 5.53. The summed E-state index contributed by atoms with van der Waals surface area (Å²) < 4.78 is 60.9. The van der Waals surface area contributed by atoms with E-state index in [2.05, 4.69) is 9.46 Å². The van der Waals surface area contributed by atoms with Gasteiger partial charge in [0.15, 0.2) is 5.75 Å². The maximum Gasteiger partial charge on any atom is 0.573 e. The fourth-order valence-electron chi connectivity index (χ4n) is 4.39. The molecule has 3 rings (SSSR count). The lowest BCUT2D eigenvalue weighted by Crippen LogP contribution is -2.40. The van der Waals surface area contributed by atoms with Crippen LogP contribution in [0.4, 0.5) is 13.2 Å². The van der Waals surface area contributed by atoms with Crippen LogP contribution in [-0.2, 0) is 17.9 Å². The number of halogens is 3. The molecule has 0 bridgehead atoms. The molecular weight excluding hydrogens is 499 g/mol. The van der Waals surface area contributed by atoms with Crippen LogP contribution < -0.4 is 15.2 Å². The van der Waals surface area contributed by atoms with Crippen molar-refractivity contribution in [3.05, 3.63) is 35.5 Å². The highest BCUT2D eigenvalue weighted by Gasteiger charge is 2.36. The van der Waals surface area contributed by atoms with Crippen LogP contribution >= 0.6 is 0 Å². The van der Waals surface area contributed by atoms with Gasteiger partial charge in [0.1, 0.15) is 5.69 Å². The SMILES string of the molecule is CC(C)(C)N[S+]([O-])c1ccc(-c2cc(C(=O)O)c(C(N)=O)n2CC2CCCCC2)cc1OC(F)(F)F. The second kappa shape index (κ2) is 10.7. The second-order valence-corrected chi connectivity index (χ2v) is 11.1. The average Bonchev–Trinajstić information content (AvgIpc) is 3.11. The van der Waals surface area contributed by atoms with E-state index in [9.17, 15) is 32.4 Å². The minimum Gasteiger partial charge on any atom is -0.593 e. The normalized spacial score (nSPS) is 16.1. The molecule has 1 aromatic carbocycles. The van der Waals surface area contributed by atoms with Gasteiger partial charge in [-0.1, -0.05) is 19.3 Å². The molecule has 1 saturated carbocycles. The van der Waals surface area contributed by atoms with Crippen LogP contribution in [0.5, 0.6) is 5.75 Å². The number of nitrogens with two attached hydrogens (primary N) is 1. The third kappa shape index (κ3) is 6.95. The van der Waals surface area contributed by atoms with Crippen LogP contribution in [-0.4, -0.2) is 38.0 Å². The standard InChI is InChI=1S/C24H30F3N3O5S/c1-23(2,3)29-36(34)19-10-9-15(11-18(19)35-24(25,26)27)17-12-16(22(32)33)20(21(28)31)30(17)13-14-7-5-4-6-8-14/h9-12,14,29H,4-8,13H2,1-3H3,(H2,28,31)(H,32,33). The maximum atomic E-state index is 13.2. The minimum absolute atomic E-state index is 0.151. The number of carbonyl (C=O) groups excluding carboxylic acids is 1. The van der Waals surface area contributed by atoms with E-state index in [4.69, 9.17) is 5.73 Å². The predicted molar refractivity (Wildman–Crippen MR) is 128 cm³/mol. The number of ether oxygens (including phenoxy) is 1. The summed E-state index contributed by atoms with van der Waals surface area (Å²) in [7, 11) is 0. The van der Waals surface area contributed by atoms with Crippen molar-refractivity contribution >= 4 is 23.2 Å². The van der Waals surface area contributed by atoms with Crippen molar-refractivity contribution < 1.29 is 37.2 Å². The Labute approximate surface area is 210 Å². The molecule has 1 atom stereocenters. The summed E-state index contributed by atoms with van der Waals surface area (Å²) in [5.74, 6) is -2.88.